The minimum Gasteiger partial charge on any atom is -0.316 e. The first-order valence-electron chi connectivity index (χ1n) is 6.41. The number of nitrogens with zero attached hydrogens (tertiary/aromatic N) is 2. The zero-order valence-electron chi connectivity index (χ0n) is 11.6. The molecule has 3 heteroatoms. The van der Waals surface area contributed by atoms with Gasteiger partial charge in [-0.05, 0) is 45.0 Å². The van der Waals surface area contributed by atoms with E-state index >= 15 is 0 Å². The molecular formula is C15H21N3. The third-order valence-corrected chi connectivity index (χ3v) is 3.06. The molecule has 0 spiro atoms. The average Bonchev–Trinajstić information content (AvgIpc) is 2.72. The maximum absolute atomic E-state index is 4.56. The zero-order valence-corrected chi connectivity index (χ0v) is 11.6. The lowest BCUT2D eigenvalue weighted by molar-refractivity contribution is 0.529. The van der Waals surface area contributed by atoms with Gasteiger partial charge in [-0.2, -0.15) is 5.10 Å². The number of hydrogen-bond acceptors (Lipinski definition) is 2. The Hall–Kier alpha value is -1.61. The molecule has 0 unspecified atom stereocenters. The van der Waals surface area contributed by atoms with Crippen molar-refractivity contribution in [1.29, 1.82) is 0 Å². The predicted octanol–water partition coefficient (Wildman–Crippen LogP) is 3.16. The van der Waals surface area contributed by atoms with Crippen LogP contribution in [0.5, 0.6) is 0 Å². The minimum atomic E-state index is 0.401. The van der Waals surface area contributed by atoms with E-state index in [9.17, 15) is 0 Å². The topological polar surface area (TPSA) is 29.9 Å². The van der Waals surface area contributed by atoms with E-state index in [-0.39, 0.29) is 0 Å². The molecule has 3 nitrogen and oxygen atoms in total. The molecule has 0 saturated heterocycles. The third kappa shape index (κ3) is 2.62. The summed E-state index contributed by atoms with van der Waals surface area (Å²) in [7, 11) is 1.97. The van der Waals surface area contributed by atoms with Gasteiger partial charge in [0.25, 0.3) is 0 Å². The summed E-state index contributed by atoms with van der Waals surface area (Å²) < 4.78 is 2.02. The van der Waals surface area contributed by atoms with Gasteiger partial charge in [-0.15, -0.1) is 0 Å². The second kappa shape index (κ2) is 5.36. The van der Waals surface area contributed by atoms with Gasteiger partial charge in [-0.1, -0.05) is 18.2 Å². The van der Waals surface area contributed by atoms with Gasteiger partial charge in [0.15, 0.2) is 0 Å². The maximum atomic E-state index is 4.56. The van der Waals surface area contributed by atoms with Crippen molar-refractivity contribution in [3.63, 3.8) is 0 Å². The predicted molar refractivity (Wildman–Crippen MR) is 75.5 cm³/mol. The number of hydrogen-bond donors (Lipinski definition) is 1. The smallest absolute Gasteiger partial charge is 0.0672 e. The molecule has 1 heterocycles. The van der Waals surface area contributed by atoms with E-state index in [0.29, 0.717) is 6.04 Å². The van der Waals surface area contributed by atoms with Crippen LogP contribution in [-0.4, -0.2) is 16.8 Å². The SMILES string of the molecule is CNCc1cccc(-c2cn(C(C)C)nc2C)c1. The van der Waals surface area contributed by atoms with E-state index in [1.807, 2.05) is 11.7 Å². The average molecular weight is 243 g/mol. The summed E-state index contributed by atoms with van der Waals surface area (Å²) in [5.74, 6) is 0. The van der Waals surface area contributed by atoms with Gasteiger partial charge >= 0.3 is 0 Å². The van der Waals surface area contributed by atoms with Crippen LogP contribution in [0.15, 0.2) is 30.5 Å². The van der Waals surface area contributed by atoms with E-state index in [1.54, 1.807) is 0 Å². The highest BCUT2D eigenvalue weighted by molar-refractivity contribution is 5.65. The molecule has 1 N–H and O–H groups in total. The minimum absolute atomic E-state index is 0.401. The lowest BCUT2D eigenvalue weighted by Gasteiger charge is -2.04. The zero-order chi connectivity index (χ0) is 13.1. The molecule has 0 amide bonds. The third-order valence-electron chi connectivity index (χ3n) is 3.06. The molecule has 0 fully saturated rings. The van der Waals surface area contributed by atoms with Crippen LogP contribution in [0.3, 0.4) is 0 Å². The Bertz CT molecular complexity index is 526. The Morgan fingerprint density at radius 2 is 2.11 bits per heavy atom. The first-order chi connectivity index (χ1) is 8.61. The van der Waals surface area contributed by atoms with E-state index < -0.39 is 0 Å². The number of aromatic nitrogens is 2. The van der Waals surface area contributed by atoms with Crippen LogP contribution in [0.4, 0.5) is 0 Å². The standard InChI is InChI=1S/C15H21N3/c1-11(2)18-10-15(12(3)17-18)14-7-5-6-13(8-14)9-16-4/h5-8,10-11,16H,9H2,1-4H3. The van der Waals surface area contributed by atoms with Crippen LogP contribution in [-0.2, 0) is 6.54 Å². The summed E-state index contributed by atoms with van der Waals surface area (Å²) in [4.78, 5) is 0. The van der Waals surface area contributed by atoms with Crippen molar-refractivity contribution in [2.24, 2.45) is 0 Å². The number of aryl methyl sites for hydroxylation is 1. The molecule has 0 atom stereocenters. The second-order valence-electron chi connectivity index (χ2n) is 4.93. The monoisotopic (exact) mass is 243 g/mol. The largest absolute Gasteiger partial charge is 0.316 e. The molecular weight excluding hydrogens is 222 g/mol. The Labute approximate surface area is 109 Å². The lowest BCUT2D eigenvalue weighted by atomic mass is 10.0. The maximum Gasteiger partial charge on any atom is 0.0672 e. The molecule has 0 radical (unpaired) electrons. The fourth-order valence-electron chi connectivity index (χ4n) is 2.08. The van der Waals surface area contributed by atoms with Crippen molar-refractivity contribution in [1.82, 2.24) is 15.1 Å². The summed E-state index contributed by atoms with van der Waals surface area (Å²) in [6.07, 6.45) is 2.14. The van der Waals surface area contributed by atoms with Gasteiger partial charge in [-0.25, -0.2) is 0 Å². The molecule has 0 aliphatic heterocycles. The van der Waals surface area contributed by atoms with E-state index in [0.717, 1.165) is 12.2 Å². The quantitative estimate of drug-likeness (QED) is 0.894. The van der Waals surface area contributed by atoms with Crippen LogP contribution >= 0.6 is 0 Å². The fourth-order valence-corrected chi connectivity index (χ4v) is 2.08. The van der Waals surface area contributed by atoms with Gasteiger partial charge in [0.1, 0.15) is 0 Å². The Morgan fingerprint density at radius 1 is 1.33 bits per heavy atom. The van der Waals surface area contributed by atoms with E-state index in [4.69, 9.17) is 0 Å². The van der Waals surface area contributed by atoms with E-state index in [1.165, 1.54) is 16.7 Å². The molecule has 2 rings (SSSR count). The summed E-state index contributed by atoms with van der Waals surface area (Å²) in [6.45, 7) is 7.26. The number of rotatable bonds is 4. The number of benzene rings is 1. The number of nitrogens with one attached hydrogen (secondary N) is 1. The summed E-state index contributed by atoms with van der Waals surface area (Å²) in [6, 6.07) is 9.02. The van der Waals surface area contributed by atoms with Crippen LogP contribution < -0.4 is 5.32 Å². The van der Waals surface area contributed by atoms with Crippen LogP contribution in [0.25, 0.3) is 11.1 Å². The highest BCUT2D eigenvalue weighted by atomic mass is 15.3. The molecule has 0 saturated carbocycles. The highest BCUT2D eigenvalue weighted by Gasteiger charge is 2.09. The van der Waals surface area contributed by atoms with E-state index in [2.05, 4.69) is 61.6 Å². The van der Waals surface area contributed by atoms with Crippen molar-refractivity contribution in [2.45, 2.75) is 33.4 Å². The van der Waals surface area contributed by atoms with Crippen LogP contribution in [0.2, 0.25) is 0 Å². The van der Waals surface area contributed by atoms with Gasteiger partial charge < -0.3 is 5.32 Å². The van der Waals surface area contributed by atoms with Crippen LogP contribution in [0, 0.1) is 6.92 Å². The van der Waals surface area contributed by atoms with Crippen molar-refractivity contribution in [3.05, 3.63) is 41.7 Å². The first kappa shape index (κ1) is 12.8. The summed E-state index contributed by atoms with van der Waals surface area (Å²) >= 11 is 0. The molecule has 0 aliphatic rings. The van der Waals surface area contributed by atoms with Crippen molar-refractivity contribution >= 4 is 0 Å². The van der Waals surface area contributed by atoms with Crippen molar-refractivity contribution in [2.75, 3.05) is 7.05 Å². The van der Waals surface area contributed by atoms with Crippen molar-refractivity contribution in [3.8, 4) is 11.1 Å². The normalized spacial score (nSPS) is 11.2. The molecule has 18 heavy (non-hydrogen) atoms. The second-order valence-corrected chi connectivity index (χ2v) is 4.93. The highest BCUT2D eigenvalue weighted by Crippen LogP contribution is 2.24. The molecule has 96 valence electrons. The van der Waals surface area contributed by atoms with Crippen LogP contribution in [0.1, 0.15) is 31.1 Å². The van der Waals surface area contributed by atoms with Gasteiger partial charge in [-0.3, -0.25) is 4.68 Å². The van der Waals surface area contributed by atoms with Gasteiger partial charge in [0, 0.05) is 24.3 Å². The lowest BCUT2D eigenvalue weighted by Crippen LogP contribution is -2.04. The first-order valence-corrected chi connectivity index (χ1v) is 6.41. The summed E-state index contributed by atoms with van der Waals surface area (Å²) in [5, 5.41) is 7.74. The molecule has 2 aromatic rings. The molecule has 1 aromatic carbocycles. The molecule has 1 aromatic heterocycles. The van der Waals surface area contributed by atoms with Gasteiger partial charge in [0.05, 0.1) is 5.69 Å². The van der Waals surface area contributed by atoms with Crippen molar-refractivity contribution < 1.29 is 0 Å². The fraction of sp³-hybridized carbons (Fsp3) is 0.400. The Kier molecular flexibility index (Phi) is 3.82. The van der Waals surface area contributed by atoms with Gasteiger partial charge in [0.2, 0.25) is 0 Å². The Balaban J connectivity index is 2.38. The molecule has 0 aliphatic carbocycles. The molecule has 0 bridgehead atoms. The Morgan fingerprint density at radius 3 is 2.72 bits per heavy atom. The summed E-state index contributed by atoms with van der Waals surface area (Å²) in [5.41, 5.74) is 4.85.